The monoisotopic (exact) mass is 156 g/mol. The highest BCUT2D eigenvalue weighted by Gasteiger charge is 1.96. The Bertz CT molecular complexity index is 388. The molecule has 12 heavy (non-hydrogen) atoms. The van der Waals surface area contributed by atoms with Gasteiger partial charge in [0, 0.05) is 17.8 Å². The molecule has 2 aromatic rings. The molecule has 0 unspecified atom stereocenters. The van der Waals surface area contributed by atoms with Gasteiger partial charge in [0.2, 0.25) is 0 Å². The highest BCUT2D eigenvalue weighted by Crippen LogP contribution is 2.16. The Kier molecular flexibility index (Phi) is 1.78. The molecular formula is C11H10N. The smallest absolute Gasteiger partial charge is 0.0349 e. The Hall–Kier alpha value is -1.37. The Labute approximate surface area is 72.1 Å². The first-order valence-electron chi connectivity index (χ1n) is 4.02. The number of rotatable bonds is 1. The van der Waals surface area contributed by atoms with Gasteiger partial charge in [0.25, 0.3) is 0 Å². The van der Waals surface area contributed by atoms with Crippen molar-refractivity contribution in [1.29, 1.82) is 0 Å². The molecule has 1 aromatic heterocycles. The highest BCUT2D eigenvalue weighted by molar-refractivity contribution is 5.84. The van der Waals surface area contributed by atoms with Crippen LogP contribution in [0.4, 0.5) is 0 Å². The maximum Gasteiger partial charge on any atom is 0.0349 e. The zero-order chi connectivity index (χ0) is 8.39. The largest absolute Gasteiger partial charge is 0.264 e. The summed E-state index contributed by atoms with van der Waals surface area (Å²) in [6.07, 6.45) is 4.54. The van der Waals surface area contributed by atoms with Gasteiger partial charge in [-0.1, -0.05) is 18.2 Å². The average Bonchev–Trinajstić information content (AvgIpc) is 2.17. The molecule has 0 fully saturated rings. The summed E-state index contributed by atoms with van der Waals surface area (Å²) in [5.74, 6) is 0. The number of benzene rings is 1. The second-order valence-corrected chi connectivity index (χ2v) is 2.76. The van der Waals surface area contributed by atoms with E-state index in [2.05, 4.69) is 30.1 Å². The van der Waals surface area contributed by atoms with E-state index in [0.717, 1.165) is 6.42 Å². The molecule has 1 radical (unpaired) electrons. The van der Waals surface area contributed by atoms with Crippen molar-refractivity contribution >= 4 is 10.8 Å². The van der Waals surface area contributed by atoms with E-state index in [1.165, 1.54) is 16.3 Å². The maximum atomic E-state index is 4.09. The van der Waals surface area contributed by atoms with Gasteiger partial charge >= 0.3 is 0 Å². The van der Waals surface area contributed by atoms with Crippen LogP contribution in [0.25, 0.3) is 10.8 Å². The molecule has 0 N–H and O–H groups in total. The van der Waals surface area contributed by atoms with Gasteiger partial charge in [0.05, 0.1) is 0 Å². The highest BCUT2D eigenvalue weighted by atomic mass is 14.6. The van der Waals surface area contributed by atoms with Crippen LogP contribution in [0.15, 0.2) is 36.7 Å². The molecular weight excluding hydrogens is 146 g/mol. The van der Waals surface area contributed by atoms with Gasteiger partial charge in [-0.25, -0.2) is 0 Å². The second kappa shape index (κ2) is 2.94. The van der Waals surface area contributed by atoms with Gasteiger partial charge in [-0.2, -0.15) is 0 Å². The number of hydrogen-bond donors (Lipinski definition) is 0. The molecule has 59 valence electrons. The van der Waals surface area contributed by atoms with E-state index in [1.807, 2.05) is 18.5 Å². The molecule has 1 nitrogen and oxygen atoms in total. The number of nitrogens with zero attached hydrogens (tertiary/aromatic N) is 1. The SMILES string of the molecule is [CH2]Cc1cccc2ccncc12. The molecule has 1 heteroatoms. The first-order valence-corrected chi connectivity index (χ1v) is 4.02. The van der Waals surface area contributed by atoms with E-state index in [4.69, 9.17) is 0 Å². The molecule has 0 saturated heterocycles. The van der Waals surface area contributed by atoms with E-state index in [0.29, 0.717) is 0 Å². The van der Waals surface area contributed by atoms with Gasteiger partial charge in [-0.15, -0.1) is 0 Å². The quantitative estimate of drug-likeness (QED) is 0.618. The van der Waals surface area contributed by atoms with Crippen molar-refractivity contribution < 1.29 is 0 Å². The fourth-order valence-electron chi connectivity index (χ4n) is 1.39. The molecule has 0 atom stereocenters. The summed E-state index contributed by atoms with van der Waals surface area (Å²) in [4.78, 5) is 4.09. The minimum Gasteiger partial charge on any atom is -0.264 e. The van der Waals surface area contributed by atoms with Crippen LogP contribution < -0.4 is 0 Å². The van der Waals surface area contributed by atoms with Crippen molar-refractivity contribution in [2.45, 2.75) is 6.42 Å². The number of hydrogen-bond acceptors (Lipinski definition) is 1. The van der Waals surface area contributed by atoms with Crippen molar-refractivity contribution in [1.82, 2.24) is 4.98 Å². The molecule has 0 aliphatic rings. The van der Waals surface area contributed by atoms with E-state index in [1.54, 1.807) is 0 Å². The van der Waals surface area contributed by atoms with Crippen LogP contribution in [-0.4, -0.2) is 4.98 Å². The molecule has 0 saturated carbocycles. The third-order valence-electron chi connectivity index (χ3n) is 2.04. The van der Waals surface area contributed by atoms with Crippen molar-refractivity contribution in [3.8, 4) is 0 Å². The third kappa shape index (κ3) is 1.07. The lowest BCUT2D eigenvalue weighted by Crippen LogP contribution is -1.83. The molecule has 0 aliphatic carbocycles. The molecule has 0 bridgehead atoms. The van der Waals surface area contributed by atoms with Gasteiger partial charge < -0.3 is 0 Å². The summed E-state index contributed by atoms with van der Waals surface area (Å²) in [6, 6.07) is 8.27. The first kappa shape index (κ1) is 7.29. The predicted octanol–water partition coefficient (Wildman–Crippen LogP) is 2.61. The zero-order valence-corrected chi connectivity index (χ0v) is 6.83. The summed E-state index contributed by atoms with van der Waals surface area (Å²) >= 11 is 0. The van der Waals surface area contributed by atoms with Crippen molar-refractivity contribution in [3.63, 3.8) is 0 Å². The van der Waals surface area contributed by atoms with Crippen molar-refractivity contribution in [2.75, 3.05) is 0 Å². The first-order chi connectivity index (χ1) is 5.92. The minimum absolute atomic E-state index is 0.822. The molecule has 1 heterocycles. The summed E-state index contributed by atoms with van der Waals surface area (Å²) < 4.78 is 0. The molecule has 0 spiro atoms. The fourth-order valence-corrected chi connectivity index (χ4v) is 1.39. The van der Waals surface area contributed by atoms with E-state index >= 15 is 0 Å². The summed E-state index contributed by atoms with van der Waals surface area (Å²) in [5, 5.41) is 2.46. The van der Waals surface area contributed by atoms with Crippen molar-refractivity contribution in [2.24, 2.45) is 0 Å². The van der Waals surface area contributed by atoms with Gasteiger partial charge in [0.1, 0.15) is 0 Å². The van der Waals surface area contributed by atoms with Crippen LogP contribution >= 0.6 is 0 Å². The molecule has 1 aromatic carbocycles. The maximum absolute atomic E-state index is 4.09. The molecule has 0 amide bonds. The number of pyridine rings is 1. The molecule has 0 aliphatic heterocycles. The Morgan fingerprint density at radius 2 is 2.17 bits per heavy atom. The van der Waals surface area contributed by atoms with E-state index < -0.39 is 0 Å². The fraction of sp³-hybridized carbons (Fsp3) is 0.0909. The minimum atomic E-state index is 0.822. The lowest BCUT2D eigenvalue weighted by molar-refractivity contribution is 1.28. The average molecular weight is 156 g/mol. The van der Waals surface area contributed by atoms with Crippen LogP contribution in [0.3, 0.4) is 0 Å². The van der Waals surface area contributed by atoms with Crippen LogP contribution in [-0.2, 0) is 6.42 Å². The Morgan fingerprint density at radius 3 is 3.00 bits per heavy atom. The van der Waals surface area contributed by atoms with Crippen LogP contribution in [0.5, 0.6) is 0 Å². The van der Waals surface area contributed by atoms with E-state index in [-0.39, 0.29) is 0 Å². The summed E-state index contributed by atoms with van der Waals surface area (Å²) in [5.41, 5.74) is 1.26. The lowest BCUT2D eigenvalue weighted by atomic mass is 10.1. The Morgan fingerprint density at radius 1 is 1.25 bits per heavy atom. The zero-order valence-electron chi connectivity index (χ0n) is 6.83. The third-order valence-corrected chi connectivity index (χ3v) is 2.04. The second-order valence-electron chi connectivity index (χ2n) is 2.76. The summed E-state index contributed by atoms with van der Waals surface area (Å²) in [6.45, 7) is 3.88. The number of fused-ring (bicyclic) bond motifs is 1. The summed E-state index contributed by atoms with van der Waals surface area (Å²) in [7, 11) is 0. The topological polar surface area (TPSA) is 12.9 Å². The Balaban J connectivity index is 2.79. The standard InChI is InChI=1S/C11H10N/c1-2-9-4-3-5-10-6-7-12-8-11(9)10/h3-8H,1-2H2. The normalized spacial score (nSPS) is 10.4. The lowest BCUT2D eigenvalue weighted by Gasteiger charge is -2.01. The van der Waals surface area contributed by atoms with Crippen molar-refractivity contribution in [3.05, 3.63) is 49.1 Å². The van der Waals surface area contributed by atoms with Gasteiger partial charge in [-0.3, -0.25) is 4.98 Å². The van der Waals surface area contributed by atoms with Crippen LogP contribution in [0.1, 0.15) is 5.56 Å². The predicted molar refractivity (Wildman–Crippen MR) is 50.8 cm³/mol. The number of aromatic nitrogens is 1. The van der Waals surface area contributed by atoms with Crippen LogP contribution in [0.2, 0.25) is 0 Å². The van der Waals surface area contributed by atoms with Gasteiger partial charge in [0.15, 0.2) is 0 Å². The van der Waals surface area contributed by atoms with Crippen LogP contribution in [0, 0.1) is 6.92 Å². The van der Waals surface area contributed by atoms with Gasteiger partial charge in [-0.05, 0) is 30.4 Å². The molecule has 2 rings (SSSR count). The van der Waals surface area contributed by atoms with E-state index in [9.17, 15) is 0 Å².